The Bertz CT molecular complexity index is 555. The molecule has 0 aliphatic carbocycles. The maximum absolute atomic E-state index is 10.9. The van der Waals surface area contributed by atoms with E-state index in [0.29, 0.717) is 13.1 Å². The molecule has 0 bridgehead atoms. The van der Waals surface area contributed by atoms with E-state index >= 15 is 0 Å². The topological polar surface area (TPSA) is 90.3 Å². The molecule has 2 rings (SSSR count). The fourth-order valence-corrected chi connectivity index (χ4v) is 3.46. The first kappa shape index (κ1) is 21.8. The molecule has 1 saturated heterocycles. The highest BCUT2D eigenvalue weighted by Gasteiger charge is 2.18. The van der Waals surface area contributed by atoms with Crippen LogP contribution in [-0.2, 0) is 6.54 Å². The van der Waals surface area contributed by atoms with Gasteiger partial charge >= 0.3 is 0 Å². The predicted molar refractivity (Wildman–Crippen MR) is 102 cm³/mol. The fraction of sp³-hybridized carbons (Fsp3) is 0.650. The molecule has 0 spiro atoms. The Hall–Kier alpha value is -1.51. The number of benzene rings is 1. The lowest BCUT2D eigenvalue weighted by Crippen LogP contribution is -2.41. The van der Waals surface area contributed by atoms with Crippen LogP contribution in [0.15, 0.2) is 24.3 Å². The lowest BCUT2D eigenvalue weighted by molar-refractivity contribution is -0.255. The zero-order valence-corrected chi connectivity index (χ0v) is 16.4. The number of carbonyl (C=O) groups is 1. The predicted octanol–water partition coefficient (Wildman–Crippen LogP) is -0.769. The van der Waals surface area contributed by atoms with Crippen molar-refractivity contribution in [1.29, 1.82) is 0 Å². The van der Waals surface area contributed by atoms with Crippen LogP contribution in [0.2, 0.25) is 0 Å². The minimum absolute atomic E-state index is 0.189. The Morgan fingerprint density at radius 1 is 0.889 bits per heavy atom. The van der Waals surface area contributed by atoms with Gasteiger partial charge in [-0.15, -0.1) is 0 Å². The number of carbonyl (C=O) groups excluding carboxylic acids is 1. The van der Waals surface area contributed by atoms with Crippen molar-refractivity contribution in [3.05, 3.63) is 35.4 Å². The average Bonchev–Trinajstić information content (AvgIpc) is 2.68. The monoisotopic (exact) mass is 378 g/mol. The molecule has 2 atom stereocenters. The third kappa shape index (κ3) is 7.94. The van der Waals surface area contributed by atoms with Crippen LogP contribution in [-0.4, -0.2) is 95.4 Å². The van der Waals surface area contributed by atoms with Gasteiger partial charge in [-0.25, -0.2) is 0 Å². The molecule has 1 aliphatic rings. The summed E-state index contributed by atoms with van der Waals surface area (Å²) in [5, 5.41) is 30.4. The molecule has 152 valence electrons. The second kappa shape index (κ2) is 10.7. The maximum Gasteiger partial charge on any atom is 0.0715 e. The van der Waals surface area contributed by atoms with E-state index in [2.05, 4.69) is 14.7 Å². The van der Waals surface area contributed by atoms with Crippen molar-refractivity contribution in [2.75, 3.05) is 52.4 Å². The van der Waals surface area contributed by atoms with Crippen LogP contribution in [0.4, 0.5) is 0 Å². The van der Waals surface area contributed by atoms with Gasteiger partial charge in [0.1, 0.15) is 0 Å². The minimum Gasteiger partial charge on any atom is -0.545 e. The summed E-state index contributed by atoms with van der Waals surface area (Å²) in [5.41, 5.74) is 1.25. The Labute approximate surface area is 161 Å². The van der Waals surface area contributed by atoms with E-state index in [0.717, 1.165) is 51.4 Å². The normalized spacial score (nSPS) is 20.4. The van der Waals surface area contributed by atoms with Crippen LogP contribution in [0.1, 0.15) is 29.8 Å². The van der Waals surface area contributed by atoms with E-state index in [1.165, 1.54) is 0 Å². The smallest absolute Gasteiger partial charge is 0.0715 e. The van der Waals surface area contributed by atoms with Gasteiger partial charge in [-0.2, -0.15) is 0 Å². The van der Waals surface area contributed by atoms with Crippen molar-refractivity contribution in [3.8, 4) is 0 Å². The van der Waals surface area contributed by atoms with E-state index in [4.69, 9.17) is 0 Å². The molecule has 27 heavy (non-hydrogen) atoms. The third-order valence-electron chi connectivity index (χ3n) is 4.84. The van der Waals surface area contributed by atoms with E-state index in [1.54, 1.807) is 26.0 Å². The standard InChI is InChI=1S/C20H33N3O4/c1-16(24)13-21-7-8-22(14-17(2)25)10-12-23(11-9-21)15-18-3-5-19(6-4-18)20(26)27/h3-6,16-17,24-25H,7-15H2,1-2H3,(H,26,27)/p-1/t16-,17-/m0/s1. The summed E-state index contributed by atoms with van der Waals surface area (Å²) in [5.74, 6) is -1.16. The average molecular weight is 378 g/mol. The first-order valence-corrected chi connectivity index (χ1v) is 9.67. The van der Waals surface area contributed by atoms with Gasteiger partial charge in [0.05, 0.1) is 18.2 Å². The fourth-order valence-electron chi connectivity index (χ4n) is 3.46. The second-order valence-electron chi connectivity index (χ2n) is 7.56. The van der Waals surface area contributed by atoms with Crippen molar-refractivity contribution in [2.24, 2.45) is 0 Å². The first-order chi connectivity index (χ1) is 12.8. The summed E-state index contributed by atoms with van der Waals surface area (Å²) in [6.07, 6.45) is -0.747. The van der Waals surface area contributed by atoms with Crippen LogP contribution in [0.25, 0.3) is 0 Å². The number of hydrogen-bond acceptors (Lipinski definition) is 7. The van der Waals surface area contributed by atoms with Gasteiger partial charge in [-0.05, 0) is 25.0 Å². The Morgan fingerprint density at radius 3 is 1.67 bits per heavy atom. The highest BCUT2D eigenvalue weighted by atomic mass is 16.4. The quantitative estimate of drug-likeness (QED) is 0.644. The molecular formula is C20H32N3O4-. The summed E-state index contributed by atoms with van der Waals surface area (Å²) >= 11 is 0. The van der Waals surface area contributed by atoms with Gasteiger partial charge in [-0.1, -0.05) is 24.3 Å². The molecule has 0 radical (unpaired) electrons. The molecule has 0 amide bonds. The molecule has 7 nitrogen and oxygen atoms in total. The zero-order valence-electron chi connectivity index (χ0n) is 16.4. The lowest BCUT2D eigenvalue weighted by Gasteiger charge is -2.27. The van der Waals surface area contributed by atoms with Crippen molar-refractivity contribution in [3.63, 3.8) is 0 Å². The number of nitrogens with zero attached hydrogens (tertiary/aromatic N) is 3. The van der Waals surface area contributed by atoms with Gasteiger partial charge in [0, 0.05) is 58.9 Å². The van der Waals surface area contributed by atoms with Crippen LogP contribution >= 0.6 is 0 Å². The number of aliphatic hydroxyl groups is 2. The van der Waals surface area contributed by atoms with Crippen LogP contribution < -0.4 is 5.11 Å². The van der Waals surface area contributed by atoms with Gasteiger partial charge < -0.3 is 20.1 Å². The van der Waals surface area contributed by atoms with Crippen molar-refractivity contribution in [2.45, 2.75) is 32.6 Å². The Morgan fingerprint density at radius 2 is 1.30 bits per heavy atom. The number of aromatic carboxylic acids is 1. The number of β-amino-alcohol motifs (C(OH)–C–C–N with tert-alkyl or cyclic N) is 2. The van der Waals surface area contributed by atoms with Crippen molar-refractivity contribution in [1.82, 2.24) is 14.7 Å². The van der Waals surface area contributed by atoms with Gasteiger partial charge in [0.15, 0.2) is 0 Å². The van der Waals surface area contributed by atoms with Crippen LogP contribution in [0.5, 0.6) is 0 Å². The molecule has 1 fully saturated rings. The molecule has 1 aromatic rings. The van der Waals surface area contributed by atoms with Gasteiger partial charge in [0.2, 0.25) is 0 Å². The largest absolute Gasteiger partial charge is 0.545 e. The van der Waals surface area contributed by atoms with E-state index in [9.17, 15) is 20.1 Å². The number of aliphatic hydroxyl groups excluding tert-OH is 2. The van der Waals surface area contributed by atoms with E-state index in [-0.39, 0.29) is 17.8 Å². The summed E-state index contributed by atoms with van der Waals surface area (Å²) in [4.78, 5) is 17.8. The third-order valence-corrected chi connectivity index (χ3v) is 4.84. The molecule has 0 unspecified atom stereocenters. The summed E-state index contributed by atoms with van der Waals surface area (Å²) in [7, 11) is 0. The minimum atomic E-state index is -1.16. The van der Waals surface area contributed by atoms with Crippen LogP contribution in [0, 0.1) is 0 Å². The zero-order chi connectivity index (χ0) is 19.8. The SMILES string of the molecule is C[C@H](O)CN1CCN(Cc2ccc(C(=O)[O-])cc2)CCN(C[C@H](C)O)CC1. The first-order valence-electron chi connectivity index (χ1n) is 9.67. The van der Waals surface area contributed by atoms with Crippen molar-refractivity contribution < 1.29 is 20.1 Å². The maximum atomic E-state index is 10.9. The highest BCUT2D eigenvalue weighted by molar-refractivity contribution is 5.85. The van der Waals surface area contributed by atoms with Crippen molar-refractivity contribution >= 4 is 5.97 Å². The summed E-state index contributed by atoms with van der Waals surface area (Å²) in [6, 6.07) is 6.83. The number of carboxylic acid groups (broad SMARTS) is 1. The molecule has 7 heteroatoms. The van der Waals surface area contributed by atoms with Gasteiger partial charge in [0.25, 0.3) is 0 Å². The number of rotatable bonds is 7. The molecule has 1 aromatic carbocycles. The molecule has 2 N–H and O–H groups in total. The summed E-state index contributed by atoms with van der Waals surface area (Å²) in [6.45, 7) is 10.8. The molecule has 1 heterocycles. The van der Waals surface area contributed by atoms with Gasteiger partial charge in [-0.3, -0.25) is 14.7 Å². The molecule has 0 aromatic heterocycles. The number of hydrogen-bond donors (Lipinski definition) is 2. The number of carboxylic acids is 1. The molecule has 0 saturated carbocycles. The highest BCUT2D eigenvalue weighted by Crippen LogP contribution is 2.10. The summed E-state index contributed by atoms with van der Waals surface area (Å²) < 4.78 is 0. The van der Waals surface area contributed by atoms with E-state index in [1.807, 2.05) is 12.1 Å². The Kier molecular flexibility index (Phi) is 8.66. The lowest BCUT2D eigenvalue weighted by atomic mass is 10.1. The second-order valence-corrected chi connectivity index (χ2v) is 7.56. The Balaban J connectivity index is 2.03. The van der Waals surface area contributed by atoms with E-state index < -0.39 is 5.97 Å². The van der Waals surface area contributed by atoms with Crippen LogP contribution in [0.3, 0.4) is 0 Å². The molecular weight excluding hydrogens is 346 g/mol. The molecule has 1 aliphatic heterocycles.